The van der Waals surface area contributed by atoms with Gasteiger partial charge in [0.1, 0.15) is 11.4 Å². The highest BCUT2D eigenvalue weighted by atomic mass is 16.6. The van der Waals surface area contributed by atoms with Gasteiger partial charge in [0.25, 0.3) is 0 Å². The van der Waals surface area contributed by atoms with Crippen LogP contribution in [0.3, 0.4) is 0 Å². The fourth-order valence-corrected chi connectivity index (χ4v) is 3.35. The summed E-state index contributed by atoms with van der Waals surface area (Å²) in [6.07, 6.45) is 2.44. The number of anilines is 2. The third kappa shape index (κ3) is 4.35. The second-order valence-electron chi connectivity index (χ2n) is 8.25. The number of aryl methyl sites for hydroxylation is 2. The molecule has 0 saturated carbocycles. The highest BCUT2D eigenvalue weighted by molar-refractivity contribution is 5.69. The van der Waals surface area contributed by atoms with Crippen molar-refractivity contribution in [3.8, 4) is 11.3 Å². The summed E-state index contributed by atoms with van der Waals surface area (Å²) < 4.78 is 7.23. The highest BCUT2D eigenvalue weighted by Gasteiger charge is 2.32. The minimum atomic E-state index is -0.513. The smallest absolute Gasteiger partial charge is 0.410 e. The van der Waals surface area contributed by atoms with E-state index in [1.165, 1.54) is 0 Å². The average molecular weight is 387 g/mol. The zero-order chi connectivity index (χ0) is 20.6. The quantitative estimate of drug-likeness (QED) is 0.861. The van der Waals surface area contributed by atoms with Crippen molar-refractivity contribution in [3.63, 3.8) is 0 Å². The second kappa shape index (κ2) is 7.29. The van der Waals surface area contributed by atoms with Crippen LogP contribution >= 0.6 is 0 Å². The Hall–Kier alpha value is -2.84. The lowest BCUT2D eigenvalue weighted by Gasteiger charge is -2.28. The normalized spacial score (nSPS) is 17.1. The molecule has 0 bridgehead atoms. The van der Waals surface area contributed by atoms with Crippen molar-refractivity contribution >= 4 is 17.9 Å². The van der Waals surface area contributed by atoms with Crippen LogP contribution in [0.5, 0.6) is 0 Å². The summed E-state index contributed by atoms with van der Waals surface area (Å²) in [7, 11) is 3.65. The zero-order valence-corrected chi connectivity index (χ0v) is 17.4. The lowest BCUT2D eigenvalue weighted by molar-refractivity contribution is 0.0238. The van der Waals surface area contributed by atoms with Crippen molar-refractivity contribution < 1.29 is 9.53 Å². The number of ether oxygens (including phenoxy) is 1. The molecule has 1 fully saturated rings. The molecule has 9 nitrogen and oxygen atoms in total. The molecule has 3 rings (SSSR count). The number of aromatic nitrogens is 4. The van der Waals surface area contributed by atoms with Gasteiger partial charge in [-0.25, -0.2) is 9.78 Å². The lowest BCUT2D eigenvalue weighted by Crippen LogP contribution is -2.42. The molecule has 9 heteroatoms. The Morgan fingerprint density at radius 1 is 1.36 bits per heavy atom. The summed E-state index contributed by atoms with van der Waals surface area (Å²) >= 11 is 0. The summed E-state index contributed by atoms with van der Waals surface area (Å²) in [6, 6.07) is 1.98. The molecule has 1 amide bonds. The average Bonchev–Trinajstić information content (AvgIpc) is 3.18. The first-order chi connectivity index (χ1) is 13.0. The number of likely N-dealkylation sites (N-methyl/N-ethyl adjacent to an activating group) is 1. The van der Waals surface area contributed by atoms with E-state index in [0.29, 0.717) is 6.54 Å². The molecule has 1 atom stereocenters. The number of carbonyl (C=O) groups is 1. The van der Waals surface area contributed by atoms with Gasteiger partial charge in [0.2, 0.25) is 5.95 Å². The van der Waals surface area contributed by atoms with Gasteiger partial charge >= 0.3 is 6.09 Å². The van der Waals surface area contributed by atoms with Crippen LogP contribution in [0, 0.1) is 6.92 Å². The van der Waals surface area contributed by atoms with Gasteiger partial charge in [0.15, 0.2) is 0 Å². The highest BCUT2D eigenvalue weighted by Crippen LogP contribution is 2.28. The number of nitrogen functional groups attached to an aromatic ring is 1. The SMILES string of the molecule is Cc1nn(C)cc1-c1cc(N2CC[C@@H](N(C)C(=O)OC(C)(C)C)C2)nc(N)n1. The molecule has 2 aromatic rings. The van der Waals surface area contributed by atoms with E-state index in [2.05, 4.69) is 20.0 Å². The predicted molar refractivity (Wildman–Crippen MR) is 108 cm³/mol. The van der Waals surface area contributed by atoms with Crippen LogP contribution < -0.4 is 10.6 Å². The van der Waals surface area contributed by atoms with E-state index in [-0.39, 0.29) is 18.1 Å². The standard InChI is InChI=1S/C19H29N7O2/c1-12-14(11-24(5)23-12)15-9-16(22-17(20)21-15)26-8-7-13(10-26)25(6)18(27)28-19(2,3)4/h9,11,13H,7-8,10H2,1-6H3,(H2,20,21,22)/t13-/m1/s1. The van der Waals surface area contributed by atoms with Gasteiger partial charge in [-0.15, -0.1) is 0 Å². The van der Waals surface area contributed by atoms with Crippen LogP contribution in [0.25, 0.3) is 11.3 Å². The molecule has 0 unspecified atom stereocenters. The fourth-order valence-electron chi connectivity index (χ4n) is 3.35. The molecule has 2 N–H and O–H groups in total. The van der Waals surface area contributed by atoms with E-state index in [0.717, 1.165) is 35.7 Å². The van der Waals surface area contributed by atoms with E-state index >= 15 is 0 Å². The fraction of sp³-hybridized carbons (Fsp3) is 0.579. The van der Waals surface area contributed by atoms with Gasteiger partial charge in [-0.1, -0.05) is 0 Å². The topological polar surface area (TPSA) is 102 Å². The minimum Gasteiger partial charge on any atom is -0.444 e. The van der Waals surface area contributed by atoms with E-state index in [1.807, 2.05) is 47.0 Å². The molecule has 28 heavy (non-hydrogen) atoms. The summed E-state index contributed by atoms with van der Waals surface area (Å²) in [4.78, 5) is 24.9. The van der Waals surface area contributed by atoms with Gasteiger partial charge in [-0.05, 0) is 34.1 Å². The summed E-state index contributed by atoms with van der Waals surface area (Å²) in [6.45, 7) is 8.98. The Labute approximate surface area is 165 Å². The number of carbonyl (C=O) groups excluding carboxylic acids is 1. The molecule has 0 radical (unpaired) electrons. The van der Waals surface area contributed by atoms with Crippen LogP contribution in [0.4, 0.5) is 16.6 Å². The van der Waals surface area contributed by atoms with Crippen molar-refractivity contribution in [1.29, 1.82) is 0 Å². The third-order valence-electron chi connectivity index (χ3n) is 4.74. The first kappa shape index (κ1) is 19.9. The van der Waals surface area contributed by atoms with Gasteiger partial charge in [-0.3, -0.25) is 4.68 Å². The van der Waals surface area contributed by atoms with E-state index in [1.54, 1.807) is 16.6 Å². The van der Waals surface area contributed by atoms with Crippen LogP contribution in [0.15, 0.2) is 12.3 Å². The summed E-state index contributed by atoms with van der Waals surface area (Å²) in [5.74, 6) is 0.977. The summed E-state index contributed by atoms with van der Waals surface area (Å²) in [5, 5.41) is 4.37. The molecule has 152 valence electrons. The van der Waals surface area contributed by atoms with E-state index in [4.69, 9.17) is 10.5 Å². The maximum Gasteiger partial charge on any atom is 0.410 e. The molecular formula is C19H29N7O2. The molecule has 0 spiro atoms. The van der Waals surface area contributed by atoms with Crippen LogP contribution in [0.1, 0.15) is 32.9 Å². The molecule has 0 aliphatic carbocycles. The number of hydrogen-bond donors (Lipinski definition) is 1. The van der Waals surface area contributed by atoms with Gasteiger partial charge in [0, 0.05) is 45.0 Å². The monoisotopic (exact) mass is 387 g/mol. The Bertz CT molecular complexity index is 872. The number of nitrogens with zero attached hydrogens (tertiary/aromatic N) is 6. The number of nitrogens with two attached hydrogens (primary N) is 1. The number of hydrogen-bond acceptors (Lipinski definition) is 7. The Kier molecular flexibility index (Phi) is 5.18. The first-order valence-electron chi connectivity index (χ1n) is 9.39. The van der Waals surface area contributed by atoms with Gasteiger partial charge in [-0.2, -0.15) is 10.1 Å². The molecule has 1 aliphatic rings. The lowest BCUT2D eigenvalue weighted by atomic mass is 10.2. The summed E-state index contributed by atoms with van der Waals surface area (Å²) in [5.41, 5.74) is 8.02. The van der Waals surface area contributed by atoms with Crippen molar-refractivity contribution in [1.82, 2.24) is 24.6 Å². The maximum absolute atomic E-state index is 12.4. The first-order valence-corrected chi connectivity index (χ1v) is 9.39. The van der Waals surface area contributed by atoms with Crippen molar-refractivity contribution in [2.45, 2.75) is 45.8 Å². The van der Waals surface area contributed by atoms with Gasteiger partial charge < -0.3 is 20.3 Å². The predicted octanol–water partition coefficient (Wildman–Crippen LogP) is 2.21. The van der Waals surface area contributed by atoms with Gasteiger partial charge in [0.05, 0.1) is 17.4 Å². The number of amides is 1. The molecule has 0 aromatic carbocycles. The second-order valence-corrected chi connectivity index (χ2v) is 8.25. The van der Waals surface area contributed by atoms with Crippen molar-refractivity contribution in [2.24, 2.45) is 7.05 Å². The van der Waals surface area contributed by atoms with E-state index in [9.17, 15) is 4.79 Å². The molecule has 1 saturated heterocycles. The van der Waals surface area contributed by atoms with Crippen LogP contribution in [-0.2, 0) is 11.8 Å². The molecular weight excluding hydrogens is 358 g/mol. The Morgan fingerprint density at radius 2 is 2.07 bits per heavy atom. The van der Waals surface area contributed by atoms with Crippen molar-refractivity contribution in [2.75, 3.05) is 30.8 Å². The van der Waals surface area contributed by atoms with Crippen LogP contribution in [0.2, 0.25) is 0 Å². The zero-order valence-electron chi connectivity index (χ0n) is 17.4. The van der Waals surface area contributed by atoms with E-state index < -0.39 is 5.60 Å². The van der Waals surface area contributed by atoms with Crippen molar-refractivity contribution in [3.05, 3.63) is 18.0 Å². The molecule has 3 heterocycles. The Morgan fingerprint density at radius 3 is 2.68 bits per heavy atom. The largest absolute Gasteiger partial charge is 0.444 e. The molecule has 2 aromatic heterocycles. The molecule has 1 aliphatic heterocycles. The minimum absolute atomic E-state index is 0.0506. The maximum atomic E-state index is 12.4. The third-order valence-corrected chi connectivity index (χ3v) is 4.74. The van der Waals surface area contributed by atoms with Crippen LogP contribution in [-0.4, -0.2) is 62.5 Å². The number of rotatable bonds is 3. The Balaban J connectivity index is 1.77.